The highest BCUT2D eigenvalue weighted by molar-refractivity contribution is 5.71. The lowest BCUT2D eigenvalue weighted by molar-refractivity contribution is 1.04. The summed E-state index contributed by atoms with van der Waals surface area (Å²) >= 11 is 0. The van der Waals surface area contributed by atoms with Crippen LogP contribution >= 0.6 is 0 Å². The zero-order chi connectivity index (χ0) is 10.9. The quantitative estimate of drug-likeness (QED) is 0.708. The van der Waals surface area contributed by atoms with Gasteiger partial charge in [0, 0.05) is 11.4 Å². The first-order valence-corrected chi connectivity index (χ1v) is 5.20. The Morgan fingerprint density at radius 1 is 0.786 bits per heavy atom. The molecule has 0 atom stereocenters. The molecule has 14 heavy (non-hydrogen) atoms. The van der Waals surface area contributed by atoms with E-state index >= 15 is 0 Å². The lowest BCUT2D eigenvalue weighted by atomic mass is 9.92. The Morgan fingerprint density at radius 2 is 1.14 bits per heavy atom. The van der Waals surface area contributed by atoms with E-state index in [0.717, 1.165) is 29.8 Å². The van der Waals surface area contributed by atoms with Crippen molar-refractivity contribution in [3.63, 3.8) is 0 Å². The maximum Gasteiger partial charge on any atom is 0.0399 e. The second kappa shape index (κ2) is 3.91. The first-order valence-electron chi connectivity index (χ1n) is 5.20. The van der Waals surface area contributed by atoms with Crippen LogP contribution in [0.1, 0.15) is 36.1 Å². The largest absolute Gasteiger partial charge is 0.398 e. The van der Waals surface area contributed by atoms with Crippen LogP contribution in [0.15, 0.2) is 0 Å². The van der Waals surface area contributed by atoms with Crippen molar-refractivity contribution >= 4 is 11.4 Å². The van der Waals surface area contributed by atoms with Gasteiger partial charge in [0.25, 0.3) is 0 Å². The molecule has 0 saturated carbocycles. The monoisotopic (exact) mass is 192 g/mol. The molecule has 1 rings (SSSR count). The van der Waals surface area contributed by atoms with E-state index in [1.165, 1.54) is 16.7 Å². The summed E-state index contributed by atoms with van der Waals surface area (Å²) in [5.74, 6) is 0. The molecule has 0 amide bonds. The number of nitrogen functional groups attached to an aromatic ring is 2. The number of hydrogen-bond acceptors (Lipinski definition) is 2. The van der Waals surface area contributed by atoms with Crippen LogP contribution in [0.4, 0.5) is 11.4 Å². The van der Waals surface area contributed by atoms with Gasteiger partial charge in [0.15, 0.2) is 0 Å². The number of anilines is 2. The van der Waals surface area contributed by atoms with Gasteiger partial charge in [0.2, 0.25) is 0 Å². The predicted molar refractivity (Wildman–Crippen MR) is 63.5 cm³/mol. The van der Waals surface area contributed by atoms with E-state index in [9.17, 15) is 0 Å². The first-order chi connectivity index (χ1) is 6.54. The molecule has 0 radical (unpaired) electrons. The Morgan fingerprint density at radius 3 is 1.43 bits per heavy atom. The Balaban J connectivity index is 3.56. The molecule has 0 spiro atoms. The average Bonchev–Trinajstić information content (AvgIpc) is 2.16. The number of benzene rings is 1. The van der Waals surface area contributed by atoms with Crippen LogP contribution in [0.25, 0.3) is 0 Å². The summed E-state index contributed by atoms with van der Waals surface area (Å²) in [7, 11) is 0. The smallest absolute Gasteiger partial charge is 0.0399 e. The SMILES string of the molecule is CCc1c(C)c(CC)c(N)c(C)c1N. The molecule has 0 aliphatic carbocycles. The third-order valence-electron chi connectivity index (χ3n) is 3.07. The van der Waals surface area contributed by atoms with E-state index < -0.39 is 0 Å². The molecule has 0 aliphatic heterocycles. The van der Waals surface area contributed by atoms with Crippen LogP contribution in [-0.4, -0.2) is 0 Å². The Kier molecular flexibility index (Phi) is 3.04. The fourth-order valence-corrected chi connectivity index (χ4v) is 2.10. The Hall–Kier alpha value is -1.18. The van der Waals surface area contributed by atoms with Crippen LogP contribution in [-0.2, 0) is 12.8 Å². The van der Waals surface area contributed by atoms with E-state index in [1.54, 1.807) is 0 Å². The standard InChI is InChI=1S/C12H20N2/c1-5-9-7(3)10(6-2)12(14)8(4)11(9)13/h5-6,13-14H2,1-4H3. The van der Waals surface area contributed by atoms with Crippen molar-refractivity contribution in [2.75, 3.05) is 11.5 Å². The van der Waals surface area contributed by atoms with Crippen molar-refractivity contribution < 1.29 is 0 Å². The zero-order valence-electron chi connectivity index (χ0n) is 9.57. The highest BCUT2D eigenvalue weighted by Gasteiger charge is 2.13. The highest BCUT2D eigenvalue weighted by Crippen LogP contribution is 2.31. The highest BCUT2D eigenvalue weighted by atomic mass is 14.6. The second-order valence-electron chi connectivity index (χ2n) is 3.74. The van der Waals surface area contributed by atoms with E-state index in [0.29, 0.717) is 0 Å². The zero-order valence-corrected chi connectivity index (χ0v) is 9.57. The average molecular weight is 192 g/mol. The van der Waals surface area contributed by atoms with E-state index in [4.69, 9.17) is 11.5 Å². The topological polar surface area (TPSA) is 52.0 Å². The molecule has 0 unspecified atom stereocenters. The summed E-state index contributed by atoms with van der Waals surface area (Å²) in [5, 5.41) is 0. The van der Waals surface area contributed by atoms with Crippen LogP contribution < -0.4 is 11.5 Å². The van der Waals surface area contributed by atoms with Crippen molar-refractivity contribution in [1.82, 2.24) is 0 Å². The fraction of sp³-hybridized carbons (Fsp3) is 0.500. The molecule has 78 valence electrons. The van der Waals surface area contributed by atoms with Gasteiger partial charge in [-0.15, -0.1) is 0 Å². The summed E-state index contributed by atoms with van der Waals surface area (Å²) < 4.78 is 0. The van der Waals surface area contributed by atoms with Crippen LogP contribution in [0.3, 0.4) is 0 Å². The molecule has 0 bridgehead atoms. The van der Waals surface area contributed by atoms with Crippen LogP contribution in [0.5, 0.6) is 0 Å². The normalized spacial score (nSPS) is 10.6. The molecule has 2 nitrogen and oxygen atoms in total. The molecule has 0 aromatic heterocycles. The van der Waals surface area contributed by atoms with Gasteiger partial charge in [-0.05, 0) is 48.9 Å². The molecule has 0 heterocycles. The maximum absolute atomic E-state index is 6.04. The number of hydrogen-bond donors (Lipinski definition) is 2. The molecule has 2 heteroatoms. The van der Waals surface area contributed by atoms with Crippen molar-refractivity contribution in [3.05, 3.63) is 22.3 Å². The minimum absolute atomic E-state index is 0.875. The van der Waals surface area contributed by atoms with Gasteiger partial charge in [0.05, 0.1) is 0 Å². The van der Waals surface area contributed by atoms with Crippen molar-refractivity contribution in [1.29, 1.82) is 0 Å². The van der Waals surface area contributed by atoms with Crippen LogP contribution in [0.2, 0.25) is 0 Å². The van der Waals surface area contributed by atoms with Gasteiger partial charge in [-0.2, -0.15) is 0 Å². The summed E-state index contributed by atoms with van der Waals surface area (Å²) in [4.78, 5) is 0. The summed E-state index contributed by atoms with van der Waals surface area (Å²) in [5.41, 5.74) is 18.7. The van der Waals surface area contributed by atoms with Gasteiger partial charge in [0.1, 0.15) is 0 Å². The molecule has 4 N–H and O–H groups in total. The molecule has 0 saturated heterocycles. The van der Waals surface area contributed by atoms with Gasteiger partial charge < -0.3 is 11.5 Å². The minimum Gasteiger partial charge on any atom is -0.398 e. The molecule has 1 aromatic carbocycles. The Labute approximate surface area is 86.3 Å². The maximum atomic E-state index is 6.04. The first kappa shape index (κ1) is 10.9. The van der Waals surface area contributed by atoms with E-state index in [2.05, 4.69) is 20.8 Å². The minimum atomic E-state index is 0.875. The third-order valence-corrected chi connectivity index (χ3v) is 3.07. The van der Waals surface area contributed by atoms with Crippen molar-refractivity contribution in [3.8, 4) is 0 Å². The summed E-state index contributed by atoms with van der Waals surface area (Å²) in [6.07, 6.45) is 1.96. The summed E-state index contributed by atoms with van der Waals surface area (Å²) in [6.45, 7) is 8.38. The molecule has 1 aromatic rings. The van der Waals surface area contributed by atoms with Crippen molar-refractivity contribution in [2.45, 2.75) is 40.5 Å². The second-order valence-corrected chi connectivity index (χ2v) is 3.74. The Bertz CT molecular complexity index is 323. The van der Waals surface area contributed by atoms with Crippen LogP contribution in [0, 0.1) is 13.8 Å². The lowest BCUT2D eigenvalue weighted by Crippen LogP contribution is -2.07. The van der Waals surface area contributed by atoms with Gasteiger partial charge in [-0.3, -0.25) is 0 Å². The molecule has 0 aliphatic rings. The van der Waals surface area contributed by atoms with E-state index in [-0.39, 0.29) is 0 Å². The molecular weight excluding hydrogens is 172 g/mol. The molecule has 0 fully saturated rings. The van der Waals surface area contributed by atoms with Gasteiger partial charge in [-0.1, -0.05) is 13.8 Å². The third kappa shape index (κ3) is 1.45. The lowest BCUT2D eigenvalue weighted by Gasteiger charge is -2.18. The predicted octanol–water partition coefficient (Wildman–Crippen LogP) is 2.59. The molecular formula is C12H20N2. The summed E-state index contributed by atoms with van der Waals surface area (Å²) in [6, 6.07) is 0. The van der Waals surface area contributed by atoms with E-state index in [1.807, 2.05) is 6.92 Å². The van der Waals surface area contributed by atoms with Gasteiger partial charge >= 0.3 is 0 Å². The number of nitrogens with two attached hydrogens (primary N) is 2. The number of rotatable bonds is 2. The fourth-order valence-electron chi connectivity index (χ4n) is 2.10. The van der Waals surface area contributed by atoms with Crippen molar-refractivity contribution in [2.24, 2.45) is 0 Å². The van der Waals surface area contributed by atoms with Gasteiger partial charge in [-0.25, -0.2) is 0 Å².